The summed E-state index contributed by atoms with van der Waals surface area (Å²) in [5.41, 5.74) is 1.79. The predicted molar refractivity (Wildman–Crippen MR) is 103 cm³/mol. The molecule has 1 aromatic carbocycles. The van der Waals surface area contributed by atoms with Crippen molar-refractivity contribution < 1.29 is 14.4 Å². The Morgan fingerprint density at radius 3 is 2.67 bits per heavy atom. The van der Waals surface area contributed by atoms with Gasteiger partial charge in [-0.3, -0.25) is 14.5 Å². The SMILES string of the molecule is C=CC(=O)N1CCC(C(=O)NC(C)c2cccc(N3CCNC3=O)c2)CC1. The average molecular weight is 370 g/mol. The van der Waals surface area contributed by atoms with Crippen molar-refractivity contribution in [2.45, 2.75) is 25.8 Å². The molecule has 144 valence electrons. The van der Waals surface area contributed by atoms with Crippen LogP contribution >= 0.6 is 0 Å². The summed E-state index contributed by atoms with van der Waals surface area (Å²) < 4.78 is 0. The van der Waals surface area contributed by atoms with Gasteiger partial charge in [-0.2, -0.15) is 0 Å². The van der Waals surface area contributed by atoms with Crippen molar-refractivity contribution >= 4 is 23.5 Å². The summed E-state index contributed by atoms with van der Waals surface area (Å²) in [5.74, 6) is -0.156. The van der Waals surface area contributed by atoms with E-state index in [1.54, 1.807) is 9.80 Å². The molecule has 0 aliphatic carbocycles. The van der Waals surface area contributed by atoms with Crippen molar-refractivity contribution in [3.8, 4) is 0 Å². The summed E-state index contributed by atoms with van der Waals surface area (Å²) in [6, 6.07) is 7.45. The van der Waals surface area contributed by atoms with Gasteiger partial charge >= 0.3 is 6.03 Å². The average Bonchev–Trinajstić information content (AvgIpc) is 3.13. The largest absolute Gasteiger partial charge is 0.349 e. The van der Waals surface area contributed by atoms with Crippen LogP contribution < -0.4 is 15.5 Å². The zero-order valence-corrected chi connectivity index (χ0v) is 15.6. The van der Waals surface area contributed by atoms with Gasteiger partial charge in [-0.25, -0.2) is 4.79 Å². The lowest BCUT2D eigenvalue weighted by atomic mass is 9.95. The first-order valence-electron chi connectivity index (χ1n) is 9.36. The number of nitrogens with one attached hydrogen (secondary N) is 2. The number of nitrogens with zero attached hydrogens (tertiary/aromatic N) is 2. The molecule has 2 aliphatic rings. The van der Waals surface area contributed by atoms with Gasteiger partial charge in [-0.05, 0) is 43.5 Å². The van der Waals surface area contributed by atoms with Gasteiger partial charge in [0, 0.05) is 37.8 Å². The van der Waals surface area contributed by atoms with Crippen LogP contribution in [0.1, 0.15) is 31.4 Å². The summed E-state index contributed by atoms with van der Waals surface area (Å²) >= 11 is 0. The van der Waals surface area contributed by atoms with Crippen LogP contribution in [0, 0.1) is 5.92 Å². The minimum atomic E-state index is -0.157. The Labute approximate surface area is 159 Å². The normalized spacial score (nSPS) is 18.8. The maximum atomic E-state index is 12.6. The van der Waals surface area contributed by atoms with Gasteiger partial charge < -0.3 is 15.5 Å². The fraction of sp³-hybridized carbons (Fsp3) is 0.450. The van der Waals surface area contributed by atoms with E-state index in [1.165, 1.54) is 6.08 Å². The molecular formula is C20H26N4O3. The molecule has 27 heavy (non-hydrogen) atoms. The highest BCUT2D eigenvalue weighted by molar-refractivity contribution is 5.94. The molecule has 1 aromatic rings. The van der Waals surface area contributed by atoms with Gasteiger partial charge in [0.1, 0.15) is 0 Å². The number of hydrogen-bond acceptors (Lipinski definition) is 3. The Kier molecular flexibility index (Phi) is 5.78. The Hall–Kier alpha value is -2.83. The molecule has 1 atom stereocenters. The lowest BCUT2D eigenvalue weighted by Gasteiger charge is -2.31. The summed E-state index contributed by atoms with van der Waals surface area (Å²) in [6.07, 6.45) is 2.63. The van der Waals surface area contributed by atoms with Crippen LogP contribution in [-0.2, 0) is 9.59 Å². The van der Waals surface area contributed by atoms with Crippen LogP contribution in [0.5, 0.6) is 0 Å². The molecule has 7 heteroatoms. The first-order chi connectivity index (χ1) is 13.0. The molecule has 4 amide bonds. The van der Waals surface area contributed by atoms with E-state index in [4.69, 9.17) is 0 Å². The molecule has 2 N–H and O–H groups in total. The van der Waals surface area contributed by atoms with E-state index >= 15 is 0 Å². The number of benzene rings is 1. The Bertz CT molecular complexity index is 740. The predicted octanol–water partition coefficient (Wildman–Crippen LogP) is 1.82. The third-order valence-corrected chi connectivity index (χ3v) is 5.25. The molecule has 2 fully saturated rings. The fourth-order valence-corrected chi connectivity index (χ4v) is 3.59. The molecule has 1 unspecified atom stereocenters. The van der Waals surface area contributed by atoms with E-state index in [9.17, 15) is 14.4 Å². The van der Waals surface area contributed by atoms with Gasteiger partial charge in [0.05, 0.1) is 6.04 Å². The van der Waals surface area contributed by atoms with Gasteiger partial charge in [0.2, 0.25) is 11.8 Å². The second-order valence-electron chi connectivity index (χ2n) is 7.01. The van der Waals surface area contributed by atoms with E-state index in [2.05, 4.69) is 17.2 Å². The van der Waals surface area contributed by atoms with E-state index in [-0.39, 0.29) is 29.8 Å². The van der Waals surface area contributed by atoms with Crippen molar-refractivity contribution in [1.29, 1.82) is 0 Å². The Morgan fingerprint density at radius 1 is 1.30 bits per heavy atom. The maximum Gasteiger partial charge on any atom is 0.321 e. The summed E-state index contributed by atoms with van der Waals surface area (Å²) in [4.78, 5) is 39.5. The van der Waals surface area contributed by atoms with Crippen molar-refractivity contribution in [3.05, 3.63) is 42.5 Å². The summed E-state index contributed by atoms with van der Waals surface area (Å²) in [7, 11) is 0. The summed E-state index contributed by atoms with van der Waals surface area (Å²) in [5, 5.41) is 5.86. The zero-order valence-electron chi connectivity index (χ0n) is 15.6. The third-order valence-electron chi connectivity index (χ3n) is 5.25. The monoisotopic (exact) mass is 370 g/mol. The quantitative estimate of drug-likeness (QED) is 0.776. The van der Waals surface area contributed by atoms with Crippen molar-refractivity contribution in [2.75, 3.05) is 31.1 Å². The molecule has 0 aromatic heterocycles. The highest BCUT2D eigenvalue weighted by Crippen LogP contribution is 2.23. The van der Waals surface area contributed by atoms with E-state index in [0.29, 0.717) is 39.0 Å². The number of rotatable bonds is 5. The lowest BCUT2D eigenvalue weighted by Crippen LogP contribution is -2.43. The van der Waals surface area contributed by atoms with Crippen molar-refractivity contribution in [3.63, 3.8) is 0 Å². The minimum Gasteiger partial charge on any atom is -0.349 e. The molecule has 0 bridgehead atoms. The molecule has 0 spiro atoms. The molecule has 2 aliphatic heterocycles. The molecule has 0 saturated carbocycles. The minimum absolute atomic E-state index is 0.0116. The van der Waals surface area contributed by atoms with Crippen LogP contribution in [0.2, 0.25) is 0 Å². The molecule has 3 rings (SSSR count). The number of hydrogen-bond donors (Lipinski definition) is 2. The van der Waals surface area contributed by atoms with Crippen molar-refractivity contribution in [1.82, 2.24) is 15.5 Å². The number of likely N-dealkylation sites (tertiary alicyclic amines) is 1. The molecule has 2 heterocycles. The van der Waals surface area contributed by atoms with Gasteiger partial charge in [-0.1, -0.05) is 18.7 Å². The van der Waals surface area contributed by atoms with Crippen molar-refractivity contribution in [2.24, 2.45) is 5.92 Å². The van der Waals surface area contributed by atoms with E-state index in [1.807, 2.05) is 31.2 Å². The summed E-state index contributed by atoms with van der Waals surface area (Å²) in [6.45, 7) is 7.89. The maximum absolute atomic E-state index is 12.6. The third kappa shape index (κ3) is 4.30. The van der Waals surface area contributed by atoms with Gasteiger partial charge in [0.25, 0.3) is 0 Å². The van der Waals surface area contributed by atoms with Crippen LogP contribution in [0.4, 0.5) is 10.5 Å². The number of carbonyl (C=O) groups excluding carboxylic acids is 3. The zero-order chi connectivity index (χ0) is 19.4. The fourth-order valence-electron chi connectivity index (χ4n) is 3.59. The van der Waals surface area contributed by atoms with Gasteiger partial charge in [-0.15, -0.1) is 0 Å². The van der Waals surface area contributed by atoms with Crippen LogP contribution in [0.15, 0.2) is 36.9 Å². The van der Waals surface area contributed by atoms with E-state index < -0.39 is 0 Å². The van der Waals surface area contributed by atoms with E-state index in [0.717, 1.165) is 11.3 Å². The standard InChI is InChI=1S/C20H26N4O3/c1-3-18(25)23-10-7-15(8-11-23)19(26)22-14(2)16-5-4-6-17(13-16)24-12-9-21-20(24)27/h3-6,13-15H,1,7-12H2,2H3,(H,21,27)(H,22,26). The smallest absolute Gasteiger partial charge is 0.321 e. The highest BCUT2D eigenvalue weighted by atomic mass is 16.2. The first kappa shape index (κ1) is 18.9. The first-order valence-corrected chi connectivity index (χ1v) is 9.36. The Morgan fingerprint density at radius 2 is 2.04 bits per heavy atom. The molecular weight excluding hydrogens is 344 g/mol. The Balaban J connectivity index is 1.58. The number of urea groups is 1. The number of piperidine rings is 1. The van der Waals surface area contributed by atoms with Crippen LogP contribution in [0.3, 0.4) is 0 Å². The van der Waals surface area contributed by atoms with Gasteiger partial charge in [0.15, 0.2) is 0 Å². The molecule has 7 nitrogen and oxygen atoms in total. The topological polar surface area (TPSA) is 81.8 Å². The lowest BCUT2D eigenvalue weighted by molar-refractivity contribution is -0.132. The number of amides is 4. The highest BCUT2D eigenvalue weighted by Gasteiger charge is 2.27. The number of anilines is 1. The second-order valence-corrected chi connectivity index (χ2v) is 7.01. The molecule has 2 saturated heterocycles. The molecule has 0 radical (unpaired) electrons. The van der Waals surface area contributed by atoms with Crippen LogP contribution in [0.25, 0.3) is 0 Å². The van der Waals surface area contributed by atoms with Crippen LogP contribution in [-0.4, -0.2) is 48.9 Å². The second kappa shape index (κ2) is 8.24. The number of carbonyl (C=O) groups is 3.